The highest BCUT2D eigenvalue weighted by atomic mass is 19.1. The first-order valence-electron chi connectivity index (χ1n) is 9.40. The molecular formula is C21H25FN3O4+. The fourth-order valence-corrected chi connectivity index (χ4v) is 3.28. The third-order valence-corrected chi connectivity index (χ3v) is 4.89. The van der Waals surface area contributed by atoms with E-state index in [2.05, 4.69) is 5.32 Å². The first-order chi connectivity index (χ1) is 14.0. The van der Waals surface area contributed by atoms with Crippen molar-refractivity contribution in [3.05, 3.63) is 53.8 Å². The van der Waals surface area contributed by atoms with Gasteiger partial charge < -0.3 is 24.6 Å². The number of ether oxygens (including phenoxy) is 2. The number of nitrogens with one attached hydrogen (secondary N) is 2. The van der Waals surface area contributed by atoms with Crippen molar-refractivity contribution in [3.63, 3.8) is 0 Å². The van der Waals surface area contributed by atoms with Crippen LogP contribution in [-0.4, -0.2) is 63.7 Å². The standard InChI is InChI=1S/C21H24FN3O4/c1-28-18-11-15(12-19(13-18)29-2)21(27)25-9-7-24(8-10-25)14-20(26)23-17-5-3-16(22)4-6-17/h3-6,11-13H,7-10,14H2,1-2H3,(H,23,26)/p+1. The number of carbonyl (C=O) groups excluding carboxylic acids is 2. The molecular weight excluding hydrogens is 377 g/mol. The number of anilines is 1. The van der Waals surface area contributed by atoms with E-state index in [0.29, 0.717) is 55.5 Å². The van der Waals surface area contributed by atoms with E-state index in [-0.39, 0.29) is 17.6 Å². The van der Waals surface area contributed by atoms with E-state index in [4.69, 9.17) is 9.47 Å². The Morgan fingerprint density at radius 2 is 1.62 bits per heavy atom. The second-order valence-electron chi connectivity index (χ2n) is 6.88. The number of amides is 2. The largest absolute Gasteiger partial charge is 0.497 e. The van der Waals surface area contributed by atoms with Gasteiger partial charge in [-0.25, -0.2) is 4.39 Å². The van der Waals surface area contributed by atoms with E-state index in [1.165, 1.54) is 24.3 Å². The summed E-state index contributed by atoms with van der Waals surface area (Å²) in [5, 5.41) is 2.77. The number of piperazine rings is 1. The van der Waals surface area contributed by atoms with Crippen molar-refractivity contribution in [1.29, 1.82) is 0 Å². The van der Waals surface area contributed by atoms with Gasteiger partial charge in [-0.2, -0.15) is 0 Å². The number of halogens is 1. The molecule has 0 aromatic heterocycles. The molecule has 29 heavy (non-hydrogen) atoms. The number of rotatable bonds is 6. The molecule has 154 valence electrons. The summed E-state index contributed by atoms with van der Waals surface area (Å²) in [5.41, 5.74) is 1.08. The van der Waals surface area contributed by atoms with Crippen LogP contribution in [0, 0.1) is 5.82 Å². The van der Waals surface area contributed by atoms with Crippen LogP contribution in [0.1, 0.15) is 10.4 Å². The van der Waals surface area contributed by atoms with Crippen LogP contribution in [-0.2, 0) is 4.79 Å². The zero-order valence-electron chi connectivity index (χ0n) is 16.5. The second kappa shape index (κ2) is 9.38. The minimum atomic E-state index is -0.344. The van der Waals surface area contributed by atoms with Gasteiger partial charge in [-0.15, -0.1) is 0 Å². The van der Waals surface area contributed by atoms with Crippen molar-refractivity contribution in [2.45, 2.75) is 0 Å². The summed E-state index contributed by atoms with van der Waals surface area (Å²) in [6.07, 6.45) is 0. The summed E-state index contributed by atoms with van der Waals surface area (Å²) in [6, 6.07) is 10.8. The minimum Gasteiger partial charge on any atom is -0.497 e. The summed E-state index contributed by atoms with van der Waals surface area (Å²) in [5.74, 6) is 0.563. The van der Waals surface area contributed by atoms with Crippen LogP contribution in [0.15, 0.2) is 42.5 Å². The molecule has 2 aromatic carbocycles. The molecule has 2 aromatic rings. The van der Waals surface area contributed by atoms with Gasteiger partial charge in [0.1, 0.15) is 17.3 Å². The molecule has 0 radical (unpaired) electrons. The predicted octanol–water partition coefficient (Wildman–Crippen LogP) is 0.822. The van der Waals surface area contributed by atoms with Gasteiger partial charge in [0.15, 0.2) is 6.54 Å². The highest BCUT2D eigenvalue weighted by Gasteiger charge is 2.26. The molecule has 0 saturated carbocycles. The highest BCUT2D eigenvalue weighted by molar-refractivity contribution is 5.95. The van der Waals surface area contributed by atoms with Crippen molar-refractivity contribution in [2.75, 3.05) is 52.3 Å². The lowest BCUT2D eigenvalue weighted by Crippen LogP contribution is -3.15. The normalized spacial score (nSPS) is 14.4. The number of nitrogens with zero attached hydrogens (tertiary/aromatic N) is 1. The first kappa shape index (κ1) is 20.6. The molecule has 1 aliphatic rings. The van der Waals surface area contributed by atoms with Crippen LogP contribution in [0.2, 0.25) is 0 Å². The number of benzene rings is 2. The SMILES string of the molecule is COc1cc(OC)cc(C(=O)N2CC[NH+](CC(=O)Nc3ccc(F)cc3)CC2)c1. The molecule has 1 saturated heterocycles. The zero-order valence-corrected chi connectivity index (χ0v) is 16.5. The number of methoxy groups -OCH3 is 2. The van der Waals surface area contributed by atoms with E-state index < -0.39 is 0 Å². The van der Waals surface area contributed by atoms with Crippen LogP contribution in [0.25, 0.3) is 0 Å². The lowest BCUT2D eigenvalue weighted by Gasteiger charge is -2.32. The van der Waals surface area contributed by atoms with Crippen molar-refractivity contribution < 1.29 is 28.4 Å². The Kier molecular flexibility index (Phi) is 6.66. The van der Waals surface area contributed by atoms with E-state index in [1.54, 1.807) is 37.3 Å². The Balaban J connectivity index is 1.52. The van der Waals surface area contributed by atoms with Gasteiger partial charge in [-0.3, -0.25) is 9.59 Å². The maximum atomic E-state index is 12.9. The van der Waals surface area contributed by atoms with Crippen LogP contribution >= 0.6 is 0 Å². The van der Waals surface area contributed by atoms with Gasteiger partial charge in [0.05, 0.1) is 40.4 Å². The Hall–Kier alpha value is -3.13. The van der Waals surface area contributed by atoms with Gasteiger partial charge in [0.25, 0.3) is 11.8 Å². The summed E-state index contributed by atoms with van der Waals surface area (Å²) in [6.45, 7) is 2.74. The Morgan fingerprint density at radius 1 is 1.03 bits per heavy atom. The maximum Gasteiger partial charge on any atom is 0.279 e. The quantitative estimate of drug-likeness (QED) is 0.751. The molecule has 1 fully saturated rings. The maximum absolute atomic E-state index is 12.9. The van der Waals surface area contributed by atoms with Crippen LogP contribution in [0.4, 0.5) is 10.1 Å². The van der Waals surface area contributed by atoms with E-state index >= 15 is 0 Å². The van der Waals surface area contributed by atoms with E-state index in [1.807, 2.05) is 0 Å². The van der Waals surface area contributed by atoms with Crippen LogP contribution in [0.3, 0.4) is 0 Å². The smallest absolute Gasteiger partial charge is 0.279 e. The molecule has 0 unspecified atom stereocenters. The van der Waals surface area contributed by atoms with Gasteiger partial charge in [-0.1, -0.05) is 0 Å². The number of hydrogen-bond donors (Lipinski definition) is 2. The minimum absolute atomic E-state index is 0.0861. The Morgan fingerprint density at radius 3 is 2.17 bits per heavy atom. The fraction of sp³-hybridized carbons (Fsp3) is 0.333. The molecule has 0 bridgehead atoms. The summed E-state index contributed by atoms with van der Waals surface area (Å²) >= 11 is 0. The van der Waals surface area contributed by atoms with Gasteiger partial charge >= 0.3 is 0 Å². The lowest BCUT2D eigenvalue weighted by molar-refractivity contribution is -0.895. The van der Waals surface area contributed by atoms with Crippen LogP contribution < -0.4 is 19.7 Å². The monoisotopic (exact) mass is 402 g/mol. The molecule has 2 amide bonds. The van der Waals surface area contributed by atoms with Crippen molar-refractivity contribution in [2.24, 2.45) is 0 Å². The first-order valence-corrected chi connectivity index (χ1v) is 9.40. The number of quaternary nitrogens is 1. The molecule has 0 spiro atoms. The fourth-order valence-electron chi connectivity index (χ4n) is 3.28. The summed E-state index contributed by atoms with van der Waals surface area (Å²) < 4.78 is 23.4. The molecule has 7 nitrogen and oxygen atoms in total. The zero-order chi connectivity index (χ0) is 20.8. The lowest BCUT2D eigenvalue weighted by atomic mass is 10.1. The number of hydrogen-bond acceptors (Lipinski definition) is 4. The Bertz CT molecular complexity index is 842. The topological polar surface area (TPSA) is 72.3 Å². The molecule has 0 aliphatic carbocycles. The molecule has 1 aliphatic heterocycles. The van der Waals surface area contributed by atoms with E-state index in [9.17, 15) is 14.0 Å². The summed E-state index contributed by atoms with van der Waals surface area (Å²) in [4.78, 5) is 27.9. The second-order valence-corrected chi connectivity index (χ2v) is 6.88. The van der Waals surface area contributed by atoms with Crippen molar-refractivity contribution >= 4 is 17.5 Å². The van der Waals surface area contributed by atoms with Gasteiger partial charge in [-0.05, 0) is 36.4 Å². The molecule has 3 rings (SSSR count). The average molecular weight is 402 g/mol. The molecule has 1 heterocycles. The van der Waals surface area contributed by atoms with Crippen molar-refractivity contribution in [3.8, 4) is 11.5 Å². The van der Waals surface area contributed by atoms with Gasteiger partial charge in [0.2, 0.25) is 0 Å². The van der Waals surface area contributed by atoms with Crippen LogP contribution in [0.5, 0.6) is 11.5 Å². The third kappa shape index (κ3) is 5.45. The number of carbonyl (C=O) groups is 2. The van der Waals surface area contributed by atoms with E-state index in [0.717, 1.165) is 4.90 Å². The molecule has 2 N–H and O–H groups in total. The predicted molar refractivity (Wildman–Crippen MR) is 106 cm³/mol. The average Bonchev–Trinajstić information content (AvgIpc) is 2.75. The third-order valence-electron chi connectivity index (χ3n) is 4.89. The van der Waals surface area contributed by atoms with Crippen molar-refractivity contribution in [1.82, 2.24) is 4.90 Å². The Labute approximate surface area is 169 Å². The molecule has 0 atom stereocenters. The molecule has 8 heteroatoms. The highest BCUT2D eigenvalue weighted by Crippen LogP contribution is 2.23. The van der Waals surface area contributed by atoms with Gasteiger partial charge in [0, 0.05) is 17.3 Å². The summed E-state index contributed by atoms with van der Waals surface area (Å²) in [7, 11) is 3.09.